The van der Waals surface area contributed by atoms with Crippen molar-refractivity contribution >= 4 is 57.3 Å². The summed E-state index contributed by atoms with van der Waals surface area (Å²) in [5.74, 6) is -0.0880. The number of H-pyrrole nitrogens is 1. The predicted molar refractivity (Wildman–Crippen MR) is 142 cm³/mol. The highest BCUT2D eigenvalue weighted by Crippen LogP contribution is 2.29. The number of carbonyl (C=O) groups is 1. The van der Waals surface area contributed by atoms with E-state index in [1.165, 1.54) is 24.0 Å². The van der Waals surface area contributed by atoms with Gasteiger partial charge in [0.2, 0.25) is 0 Å². The Hall–Kier alpha value is -3.88. The number of benzene rings is 4. The summed E-state index contributed by atoms with van der Waals surface area (Å²) in [6.07, 6.45) is 1.53. The van der Waals surface area contributed by atoms with Crippen LogP contribution in [-0.4, -0.2) is 27.8 Å². The Morgan fingerprint density at radius 2 is 1.92 bits per heavy atom. The molecule has 5 aromatic rings. The molecule has 0 spiro atoms. The summed E-state index contributed by atoms with van der Waals surface area (Å²) in [6.45, 7) is -0.0504. The fraction of sp³-hybridized carbons (Fsp3) is 0.0741. The number of hydrazone groups is 1. The first-order valence-corrected chi connectivity index (χ1v) is 12.4. The van der Waals surface area contributed by atoms with Crippen LogP contribution in [0.2, 0.25) is 5.02 Å². The molecule has 0 aliphatic carbocycles. The molecule has 36 heavy (non-hydrogen) atoms. The van der Waals surface area contributed by atoms with Gasteiger partial charge in [-0.2, -0.15) is 5.10 Å². The number of hydrogen-bond donors (Lipinski definition) is 2. The predicted octanol–water partition coefficient (Wildman–Crippen LogP) is 6.33. The van der Waals surface area contributed by atoms with Crippen LogP contribution < -0.4 is 10.2 Å². The second-order valence-corrected chi connectivity index (χ2v) is 9.20. The number of nitrogens with one attached hydrogen (secondary N) is 2. The lowest BCUT2D eigenvalue weighted by atomic mass is 10.0. The standard InChI is InChI=1S/C27H20ClFN4O2S/c28-21-8-5-9-22(29)20(21)15-35-25-13-12-17-6-1-2-7-18(17)19(25)14-30-33-26(34)16-36-27-31-23-10-3-4-11-24(23)32-27/h1-14H,15-16H2,(H,31,32)(H,33,34)/b30-14+. The molecule has 5 rings (SSSR count). The lowest BCUT2D eigenvalue weighted by Crippen LogP contribution is -2.19. The van der Waals surface area contributed by atoms with Crippen LogP contribution in [0.4, 0.5) is 4.39 Å². The number of imidazole rings is 1. The van der Waals surface area contributed by atoms with Gasteiger partial charge in [-0.3, -0.25) is 4.79 Å². The van der Waals surface area contributed by atoms with Crippen molar-refractivity contribution in [3.63, 3.8) is 0 Å². The number of carbonyl (C=O) groups excluding carboxylic acids is 1. The summed E-state index contributed by atoms with van der Waals surface area (Å²) >= 11 is 7.43. The molecule has 0 bridgehead atoms. The van der Waals surface area contributed by atoms with Gasteiger partial charge < -0.3 is 9.72 Å². The third-order valence-electron chi connectivity index (χ3n) is 5.45. The topological polar surface area (TPSA) is 79.4 Å². The van der Waals surface area contributed by atoms with Crippen molar-refractivity contribution in [2.45, 2.75) is 11.8 Å². The summed E-state index contributed by atoms with van der Waals surface area (Å²) in [4.78, 5) is 20.0. The second kappa shape index (κ2) is 10.8. The molecule has 1 aromatic heterocycles. The van der Waals surface area contributed by atoms with E-state index in [0.29, 0.717) is 21.5 Å². The van der Waals surface area contributed by atoms with Crippen molar-refractivity contribution in [1.82, 2.24) is 15.4 Å². The van der Waals surface area contributed by atoms with Gasteiger partial charge in [0.15, 0.2) is 5.16 Å². The van der Waals surface area contributed by atoms with Crippen molar-refractivity contribution in [2.75, 3.05) is 5.75 Å². The first-order chi connectivity index (χ1) is 17.6. The molecule has 0 aliphatic rings. The number of halogens is 2. The van der Waals surface area contributed by atoms with Crippen LogP contribution in [0.15, 0.2) is 89.1 Å². The van der Waals surface area contributed by atoms with Gasteiger partial charge in [0, 0.05) is 11.1 Å². The molecule has 9 heteroatoms. The third-order valence-corrected chi connectivity index (χ3v) is 6.68. The van der Waals surface area contributed by atoms with E-state index in [2.05, 4.69) is 20.5 Å². The van der Waals surface area contributed by atoms with Crippen molar-refractivity contribution < 1.29 is 13.9 Å². The largest absolute Gasteiger partial charge is 0.488 e. The molecule has 0 saturated heterocycles. The molecule has 0 aliphatic heterocycles. The number of thioether (sulfide) groups is 1. The smallest absolute Gasteiger partial charge is 0.250 e. The van der Waals surface area contributed by atoms with E-state index < -0.39 is 5.82 Å². The molecule has 180 valence electrons. The van der Waals surface area contributed by atoms with E-state index in [0.717, 1.165) is 21.8 Å². The van der Waals surface area contributed by atoms with Gasteiger partial charge in [-0.05, 0) is 41.1 Å². The van der Waals surface area contributed by atoms with E-state index in [-0.39, 0.29) is 23.8 Å². The zero-order valence-corrected chi connectivity index (χ0v) is 20.4. The number of aromatic nitrogens is 2. The van der Waals surface area contributed by atoms with Crippen LogP contribution >= 0.6 is 23.4 Å². The van der Waals surface area contributed by atoms with Gasteiger partial charge in [0.25, 0.3) is 5.91 Å². The zero-order valence-electron chi connectivity index (χ0n) is 18.9. The van der Waals surface area contributed by atoms with E-state index in [1.54, 1.807) is 18.2 Å². The number of aromatic amines is 1. The molecular weight excluding hydrogens is 499 g/mol. The van der Waals surface area contributed by atoms with Crippen LogP contribution in [0, 0.1) is 5.82 Å². The Balaban J connectivity index is 1.29. The Labute approximate surface area is 215 Å². The normalized spacial score (nSPS) is 11.4. The van der Waals surface area contributed by atoms with E-state index in [1.807, 2.05) is 54.6 Å². The highest BCUT2D eigenvalue weighted by molar-refractivity contribution is 7.99. The molecule has 0 unspecified atom stereocenters. The van der Waals surface area contributed by atoms with Gasteiger partial charge in [0.05, 0.1) is 28.0 Å². The minimum absolute atomic E-state index is 0.0504. The Morgan fingerprint density at radius 1 is 1.08 bits per heavy atom. The summed E-state index contributed by atoms with van der Waals surface area (Å²) < 4.78 is 20.1. The maximum absolute atomic E-state index is 14.2. The minimum Gasteiger partial charge on any atom is -0.488 e. The van der Waals surface area contributed by atoms with E-state index in [4.69, 9.17) is 16.3 Å². The molecule has 1 amide bonds. The molecular formula is C27H20ClFN4O2S. The number of hydrogen-bond acceptors (Lipinski definition) is 5. The SMILES string of the molecule is O=C(CSc1nc2ccccc2[nH]1)N/N=C/c1c(OCc2c(F)cccc2Cl)ccc2ccccc12. The van der Waals surface area contributed by atoms with Crippen LogP contribution in [0.1, 0.15) is 11.1 Å². The van der Waals surface area contributed by atoms with Gasteiger partial charge in [0.1, 0.15) is 18.2 Å². The average Bonchev–Trinajstić information content (AvgIpc) is 3.31. The lowest BCUT2D eigenvalue weighted by molar-refractivity contribution is -0.118. The van der Waals surface area contributed by atoms with Gasteiger partial charge in [-0.15, -0.1) is 0 Å². The summed E-state index contributed by atoms with van der Waals surface area (Å²) in [5, 5.41) is 6.95. The fourth-order valence-electron chi connectivity index (χ4n) is 3.69. The molecule has 0 radical (unpaired) electrons. The number of amides is 1. The van der Waals surface area contributed by atoms with Crippen molar-refractivity contribution in [1.29, 1.82) is 0 Å². The monoisotopic (exact) mass is 518 g/mol. The Kier molecular flexibility index (Phi) is 7.16. The molecule has 0 fully saturated rings. The van der Waals surface area contributed by atoms with Crippen LogP contribution in [-0.2, 0) is 11.4 Å². The Bertz CT molecular complexity index is 1530. The van der Waals surface area contributed by atoms with E-state index in [9.17, 15) is 9.18 Å². The van der Waals surface area contributed by atoms with Crippen molar-refractivity contribution in [3.05, 3.63) is 101 Å². The molecule has 2 N–H and O–H groups in total. The number of fused-ring (bicyclic) bond motifs is 2. The molecule has 0 atom stereocenters. The minimum atomic E-state index is -0.437. The molecule has 1 heterocycles. The average molecular weight is 519 g/mol. The Morgan fingerprint density at radius 3 is 2.78 bits per heavy atom. The molecule has 6 nitrogen and oxygen atoms in total. The molecule has 4 aromatic carbocycles. The summed E-state index contributed by atoms with van der Waals surface area (Å²) in [6, 6.07) is 23.6. The van der Waals surface area contributed by atoms with Crippen LogP contribution in [0.3, 0.4) is 0 Å². The van der Waals surface area contributed by atoms with Gasteiger partial charge >= 0.3 is 0 Å². The third kappa shape index (κ3) is 5.35. The highest BCUT2D eigenvalue weighted by Gasteiger charge is 2.12. The highest BCUT2D eigenvalue weighted by atomic mass is 35.5. The van der Waals surface area contributed by atoms with Gasteiger partial charge in [-0.25, -0.2) is 14.8 Å². The van der Waals surface area contributed by atoms with Crippen molar-refractivity contribution in [3.8, 4) is 5.75 Å². The second-order valence-electron chi connectivity index (χ2n) is 7.83. The number of nitrogens with zero attached hydrogens (tertiary/aromatic N) is 2. The number of para-hydroxylation sites is 2. The summed E-state index contributed by atoms with van der Waals surface area (Å²) in [7, 11) is 0. The maximum atomic E-state index is 14.2. The van der Waals surface area contributed by atoms with Crippen LogP contribution in [0.25, 0.3) is 21.8 Å². The zero-order chi connectivity index (χ0) is 24.9. The van der Waals surface area contributed by atoms with E-state index >= 15 is 0 Å². The fourth-order valence-corrected chi connectivity index (χ4v) is 4.58. The number of ether oxygens (including phenoxy) is 1. The van der Waals surface area contributed by atoms with Crippen LogP contribution in [0.5, 0.6) is 5.75 Å². The summed E-state index contributed by atoms with van der Waals surface area (Å²) in [5.41, 5.74) is 5.24. The first-order valence-electron chi connectivity index (χ1n) is 11.1. The van der Waals surface area contributed by atoms with Gasteiger partial charge in [-0.1, -0.05) is 71.9 Å². The maximum Gasteiger partial charge on any atom is 0.250 e. The quantitative estimate of drug-likeness (QED) is 0.143. The first kappa shape index (κ1) is 23.8. The van der Waals surface area contributed by atoms with Crippen molar-refractivity contribution in [2.24, 2.45) is 5.10 Å². The molecule has 0 saturated carbocycles. The lowest BCUT2D eigenvalue weighted by Gasteiger charge is -2.13. The number of rotatable bonds is 8.